The van der Waals surface area contributed by atoms with Crippen molar-refractivity contribution in [2.45, 2.75) is 26.3 Å². The molecule has 190 valence electrons. The molecule has 1 unspecified atom stereocenters. The Labute approximate surface area is 216 Å². The van der Waals surface area contributed by atoms with Gasteiger partial charge in [-0.25, -0.2) is 4.79 Å². The smallest absolute Gasteiger partial charge is 0.338 e. The number of hydrogen-bond acceptors (Lipinski definition) is 6. The summed E-state index contributed by atoms with van der Waals surface area (Å²) in [5.74, 6) is -0.785. The van der Waals surface area contributed by atoms with Crippen molar-refractivity contribution in [3.63, 3.8) is 0 Å². The molecule has 0 fully saturated rings. The summed E-state index contributed by atoms with van der Waals surface area (Å²) in [6.45, 7) is 3.81. The van der Waals surface area contributed by atoms with Gasteiger partial charge in [0.05, 0.1) is 29.1 Å². The fraction of sp³-hybridized carbons (Fsp3) is 0.207. The summed E-state index contributed by atoms with van der Waals surface area (Å²) < 4.78 is 5.09. The van der Waals surface area contributed by atoms with Crippen LogP contribution in [0.1, 0.15) is 41.8 Å². The third kappa shape index (κ3) is 5.70. The van der Waals surface area contributed by atoms with Gasteiger partial charge in [0.25, 0.3) is 5.91 Å². The number of amides is 2. The second kappa shape index (κ2) is 11.1. The molecule has 1 aliphatic heterocycles. The standard InChI is InChI=1S/C29H30N4O4/c1-4-37-29(36)20-10-15-23-24(17-20)32-28(35)26(23)27(19-8-6-5-7-9-19)31-21-11-13-22(14-12-21)33(3)25(34)16-18(2)30/h5-15,17-18,31H,4,16,30H2,1-3H3,(H,32,35)/b27-26-. The monoisotopic (exact) mass is 498 g/mol. The van der Waals surface area contributed by atoms with E-state index in [4.69, 9.17) is 10.5 Å². The van der Waals surface area contributed by atoms with Gasteiger partial charge in [-0.2, -0.15) is 0 Å². The summed E-state index contributed by atoms with van der Waals surface area (Å²) in [4.78, 5) is 39.3. The quantitative estimate of drug-likeness (QED) is 0.311. The first-order chi connectivity index (χ1) is 17.8. The minimum absolute atomic E-state index is 0.0655. The Morgan fingerprint density at radius 1 is 1.03 bits per heavy atom. The molecule has 1 heterocycles. The van der Waals surface area contributed by atoms with Crippen LogP contribution in [0.3, 0.4) is 0 Å². The molecule has 0 aromatic heterocycles. The van der Waals surface area contributed by atoms with Crippen LogP contribution in [0.5, 0.6) is 0 Å². The normalized spacial score (nSPS) is 14.3. The molecule has 0 saturated heterocycles. The number of carbonyl (C=O) groups is 3. The molecule has 0 spiro atoms. The molecule has 3 aromatic carbocycles. The molecule has 37 heavy (non-hydrogen) atoms. The zero-order valence-corrected chi connectivity index (χ0v) is 21.1. The maximum Gasteiger partial charge on any atom is 0.338 e. The summed E-state index contributed by atoms with van der Waals surface area (Å²) in [5.41, 5.74) is 10.8. The van der Waals surface area contributed by atoms with Gasteiger partial charge in [-0.15, -0.1) is 0 Å². The summed E-state index contributed by atoms with van der Waals surface area (Å²) in [7, 11) is 1.72. The van der Waals surface area contributed by atoms with E-state index in [1.807, 2.05) is 54.6 Å². The average molecular weight is 499 g/mol. The van der Waals surface area contributed by atoms with Crippen LogP contribution in [-0.2, 0) is 14.3 Å². The maximum absolute atomic E-state index is 13.2. The van der Waals surface area contributed by atoms with E-state index in [2.05, 4.69) is 10.6 Å². The van der Waals surface area contributed by atoms with Crippen molar-refractivity contribution in [2.24, 2.45) is 5.73 Å². The number of fused-ring (bicyclic) bond motifs is 1. The summed E-state index contributed by atoms with van der Waals surface area (Å²) >= 11 is 0. The zero-order valence-electron chi connectivity index (χ0n) is 21.1. The van der Waals surface area contributed by atoms with Gasteiger partial charge in [-0.3, -0.25) is 9.59 Å². The van der Waals surface area contributed by atoms with Gasteiger partial charge in [0.2, 0.25) is 5.91 Å². The molecule has 1 atom stereocenters. The number of nitrogens with two attached hydrogens (primary N) is 1. The highest BCUT2D eigenvalue weighted by molar-refractivity contribution is 6.37. The minimum atomic E-state index is -0.442. The number of benzene rings is 3. The largest absolute Gasteiger partial charge is 0.462 e. The lowest BCUT2D eigenvalue weighted by Crippen LogP contribution is -2.31. The lowest BCUT2D eigenvalue weighted by Gasteiger charge is -2.20. The van der Waals surface area contributed by atoms with Crippen molar-refractivity contribution >= 4 is 46.1 Å². The van der Waals surface area contributed by atoms with E-state index >= 15 is 0 Å². The molecule has 0 radical (unpaired) electrons. The lowest BCUT2D eigenvalue weighted by molar-refractivity contribution is -0.118. The molecular weight excluding hydrogens is 468 g/mol. The number of carbonyl (C=O) groups excluding carboxylic acids is 3. The van der Waals surface area contributed by atoms with Crippen molar-refractivity contribution in [3.05, 3.63) is 89.5 Å². The fourth-order valence-electron chi connectivity index (χ4n) is 4.12. The molecule has 0 saturated carbocycles. The second-order valence-electron chi connectivity index (χ2n) is 8.86. The number of anilines is 3. The van der Waals surface area contributed by atoms with Crippen LogP contribution < -0.4 is 21.3 Å². The molecule has 8 nitrogen and oxygen atoms in total. The first-order valence-electron chi connectivity index (χ1n) is 12.1. The Morgan fingerprint density at radius 3 is 2.38 bits per heavy atom. The Morgan fingerprint density at radius 2 is 1.73 bits per heavy atom. The van der Waals surface area contributed by atoms with E-state index in [-0.39, 0.29) is 30.9 Å². The van der Waals surface area contributed by atoms with Crippen molar-refractivity contribution in [1.82, 2.24) is 0 Å². The predicted octanol–water partition coefficient (Wildman–Crippen LogP) is 4.50. The van der Waals surface area contributed by atoms with E-state index in [0.29, 0.717) is 28.1 Å². The number of esters is 1. The molecule has 4 rings (SSSR count). The zero-order chi connectivity index (χ0) is 26.5. The van der Waals surface area contributed by atoms with Crippen LogP contribution in [0.25, 0.3) is 11.3 Å². The third-order valence-electron chi connectivity index (χ3n) is 5.98. The second-order valence-corrected chi connectivity index (χ2v) is 8.86. The SMILES string of the molecule is CCOC(=O)c1ccc2c(c1)NC(=O)/C2=C(\Nc1ccc(N(C)C(=O)CC(C)N)cc1)c1ccccc1. The Hall–Kier alpha value is -4.43. The molecule has 4 N–H and O–H groups in total. The summed E-state index contributed by atoms with van der Waals surface area (Å²) in [6, 6.07) is 21.7. The molecular formula is C29H30N4O4. The van der Waals surface area contributed by atoms with E-state index in [1.54, 1.807) is 44.0 Å². The van der Waals surface area contributed by atoms with Crippen LogP contribution in [0, 0.1) is 0 Å². The topological polar surface area (TPSA) is 114 Å². The Bertz CT molecular complexity index is 1350. The van der Waals surface area contributed by atoms with Gasteiger partial charge >= 0.3 is 5.97 Å². The highest BCUT2D eigenvalue weighted by atomic mass is 16.5. The number of hydrogen-bond donors (Lipinski definition) is 3. The summed E-state index contributed by atoms with van der Waals surface area (Å²) in [5, 5.41) is 6.27. The van der Waals surface area contributed by atoms with Crippen LogP contribution >= 0.6 is 0 Å². The highest BCUT2D eigenvalue weighted by Crippen LogP contribution is 2.38. The first-order valence-corrected chi connectivity index (χ1v) is 12.1. The van der Waals surface area contributed by atoms with E-state index in [1.165, 1.54) is 0 Å². The summed E-state index contributed by atoms with van der Waals surface area (Å²) in [6.07, 6.45) is 0.257. The number of ether oxygens (including phenoxy) is 1. The van der Waals surface area contributed by atoms with E-state index < -0.39 is 5.97 Å². The maximum atomic E-state index is 13.2. The van der Waals surface area contributed by atoms with Gasteiger partial charge in [0.15, 0.2) is 0 Å². The van der Waals surface area contributed by atoms with Crippen molar-refractivity contribution in [2.75, 3.05) is 29.2 Å². The van der Waals surface area contributed by atoms with Gasteiger partial charge in [0.1, 0.15) is 0 Å². The number of rotatable bonds is 8. The predicted molar refractivity (Wildman–Crippen MR) is 146 cm³/mol. The van der Waals surface area contributed by atoms with Gasteiger partial charge in [0, 0.05) is 36.4 Å². The molecule has 1 aliphatic rings. The highest BCUT2D eigenvalue weighted by Gasteiger charge is 2.29. The molecule has 3 aromatic rings. The minimum Gasteiger partial charge on any atom is -0.462 e. The molecule has 0 bridgehead atoms. The van der Waals surface area contributed by atoms with Crippen LogP contribution in [0.2, 0.25) is 0 Å². The molecule has 8 heteroatoms. The third-order valence-corrected chi connectivity index (χ3v) is 5.98. The number of nitrogens with zero attached hydrogens (tertiary/aromatic N) is 1. The lowest BCUT2D eigenvalue weighted by atomic mass is 9.99. The molecule has 2 amide bonds. The Kier molecular flexibility index (Phi) is 7.69. The van der Waals surface area contributed by atoms with Gasteiger partial charge in [-0.05, 0) is 55.8 Å². The van der Waals surface area contributed by atoms with E-state index in [9.17, 15) is 14.4 Å². The van der Waals surface area contributed by atoms with Gasteiger partial charge < -0.3 is 26.0 Å². The average Bonchev–Trinajstić information content (AvgIpc) is 3.22. The van der Waals surface area contributed by atoms with E-state index in [0.717, 1.165) is 16.9 Å². The van der Waals surface area contributed by atoms with Crippen LogP contribution in [0.4, 0.5) is 17.1 Å². The Balaban J connectivity index is 1.70. The van der Waals surface area contributed by atoms with Crippen molar-refractivity contribution in [3.8, 4) is 0 Å². The number of nitrogens with one attached hydrogen (secondary N) is 2. The van der Waals surface area contributed by atoms with Crippen LogP contribution in [0.15, 0.2) is 72.8 Å². The first kappa shape index (κ1) is 25.7. The fourth-order valence-corrected chi connectivity index (χ4v) is 4.12. The molecule has 0 aliphatic carbocycles. The van der Waals surface area contributed by atoms with Crippen molar-refractivity contribution in [1.29, 1.82) is 0 Å². The van der Waals surface area contributed by atoms with Crippen molar-refractivity contribution < 1.29 is 19.1 Å². The van der Waals surface area contributed by atoms with Gasteiger partial charge in [-0.1, -0.05) is 36.4 Å². The van der Waals surface area contributed by atoms with Crippen LogP contribution in [-0.4, -0.2) is 37.5 Å².